The Morgan fingerprint density at radius 2 is 1.90 bits per heavy atom. The Hall–Kier alpha value is -1.70. The fourth-order valence-corrected chi connectivity index (χ4v) is 3.76. The molecule has 0 radical (unpaired) electrons. The van der Waals surface area contributed by atoms with Crippen molar-refractivity contribution in [2.75, 3.05) is 19.8 Å². The van der Waals surface area contributed by atoms with Crippen LogP contribution in [0.5, 0.6) is 5.75 Å². The van der Waals surface area contributed by atoms with Gasteiger partial charge in [-0.25, -0.2) is 4.98 Å². The topological polar surface area (TPSA) is 71.5 Å². The second-order valence-corrected chi connectivity index (χ2v) is 7.84. The Morgan fingerprint density at radius 1 is 1.10 bits per heavy atom. The van der Waals surface area contributed by atoms with E-state index in [2.05, 4.69) is 20.9 Å². The van der Waals surface area contributed by atoms with Crippen LogP contribution < -0.4 is 39.4 Å². The molecule has 0 spiro atoms. The number of rotatable bonds is 6. The molecule has 1 fully saturated rings. The predicted octanol–water partition coefficient (Wildman–Crippen LogP) is 0.961. The number of carbonyl (C=O) groups excluding carboxylic acids is 1. The molecule has 0 amide bonds. The zero-order valence-corrected chi connectivity index (χ0v) is 20.2. The number of nitrogens with zero attached hydrogens (tertiary/aromatic N) is 1. The normalized spacial score (nSPS) is 15.4. The van der Waals surface area contributed by atoms with Gasteiger partial charge >= 0.3 is 29.6 Å². The minimum absolute atomic E-state index is 0. The van der Waals surface area contributed by atoms with Crippen molar-refractivity contribution >= 4 is 21.9 Å². The van der Waals surface area contributed by atoms with Crippen LogP contribution in [0.2, 0.25) is 0 Å². The quantitative estimate of drug-likeness (QED) is 0.496. The average Bonchev–Trinajstić information content (AvgIpc) is 3.26. The van der Waals surface area contributed by atoms with Crippen molar-refractivity contribution in [1.82, 2.24) is 4.98 Å². The summed E-state index contributed by atoms with van der Waals surface area (Å²) in [5, 5.41) is 11.2. The van der Waals surface area contributed by atoms with Gasteiger partial charge in [0.2, 0.25) is 0 Å². The van der Waals surface area contributed by atoms with E-state index in [9.17, 15) is 9.90 Å². The van der Waals surface area contributed by atoms with Crippen molar-refractivity contribution in [3.63, 3.8) is 0 Å². The van der Waals surface area contributed by atoms with E-state index in [1.807, 2.05) is 42.5 Å². The SMILES string of the molecule is O=C([O-])c1cccc(-c2ccccc2-c2cc(Br)ccc2OC[C@H]2CCOC2)n1.[Na+]. The van der Waals surface area contributed by atoms with Gasteiger partial charge in [0, 0.05) is 28.1 Å². The van der Waals surface area contributed by atoms with Gasteiger partial charge in [-0.15, -0.1) is 0 Å². The maximum atomic E-state index is 11.2. The summed E-state index contributed by atoms with van der Waals surface area (Å²) in [5.74, 6) is -0.138. The number of aromatic nitrogens is 1. The molecule has 5 nitrogen and oxygen atoms in total. The number of halogens is 1. The zero-order chi connectivity index (χ0) is 20.2. The predicted molar refractivity (Wildman–Crippen MR) is 112 cm³/mol. The van der Waals surface area contributed by atoms with E-state index in [4.69, 9.17) is 9.47 Å². The number of benzene rings is 2. The van der Waals surface area contributed by atoms with Gasteiger partial charge < -0.3 is 19.4 Å². The van der Waals surface area contributed by atoms with Crippen LogP contribution in [0.15, 0.2) is 65.1 Å². The molecule has 2 heterocycles. The maximum Gasteiger partial charge on any atom is 1.00 e. The van der Waals surface area contributed by atoms with Crippen LogP contribution in [-0.4, -0.2) is 30.8 Å². The molecule has 0 bridgehead atoms. The third-order valence-corrected chi connectivity index (χ3v) is 5.38. The summed E-state index contributed by atoms with van der Waals surface area (Å²) < 4.78 is 12.5. The summed E-state index contributed by atoms with van der Waals surface area (Å²) in [7, 11) is 0. The number of hydrogen-bond acceptors (Lipinski definition) is 5. The average molecular weight is 476 g/mol. The summed E-state index contributed by atoms with van der Waals surface area (Å²) in [6, 6.07) is 18.5. The summed E-state index contributed by atoms with van der Waals surface area (Å²) in [4.78, 5) is 15.5. The molecule has 4 rings (SSSR count). The third kappa shape index (κ3) is 5.31. The molecule has 0 saturated carbocycles. The Labute approximate surface area is 205 Å². The van der Waals surface area contributed by atoms with Crippen molar-refractivity contribution in [3.05, 3.63) is 70.8 Å². The second kappa shape index (κ2) is 10.6. The molecular formula is C23H19BrNNaO4. The van der Waals surface area contributed by atoms with Gasteiger partial charge in [0.05, 0.1) is 30.6 Å². The second-order valence-electron chi connectivity index (χ2n) is 6.92. The standard InChI is InChI=1S/C23H20BrNO4.Na/c24-16-8-9-22(29-14-15-10-11-28-13-15)19(12-16)17-4-1-2-5-18(17)20-6-3-7-21(25-20)23(26)27;/h1-9,12,15H,10-11,13-14H2,(H,26,27);/q;+1/p-1/t15-;/m0./s1. The molecule has 1 atom stereocenters. The molecule has 0 N–H and O–H groups in total. The molecule has 3 aromatic rings. The summed E-state index contributed by atoms with van der Waals surface area (Å²) in [5.41, 5.74) is 3.12. The molecule has 2 aromatic carbocycles. The van der Waals surface area contributed by atoms with Crippen LogP contribution in [0.4, 0.5) is 0 Å². The van der Waals surface area contributed by atoms with Crippen molar-refractivity contribution in [2.24, 2.45) is 5.92 Å². The van der Waals surface area contributed by atoms with E-state index in [-0.39, 0.29) is 35.3 Å². The first kappa shape index (κ1) is 23.0. The summed E-state index contributed by atoms with van der Waals surface area (Å²) in [6.07, 6.45) is 1.00. The minimum atomic E-state index is -1.30. The number of hydrogen-bond donors (Lipinski definition) is 0. The van der Waals surface area contributed by atoms with Crippen LogP contribution in [0, 0.1) is 5.92 Å². The van der Waals surface area contributed by atoms with Gasteiger partial charge in [-0.1, -0.05) is 46.3 Å². The summed E-state index contributed by atoms with van der Waals surface area (Å²) >= 11 is 3.55. The first-order valence-corrected chi connectivity index (χ1v) is 10.2. The molecule has 1 aliphatic heterocycles. The van der Waals surface area contributed by atoms with E-state index in [0.29, 0.717) is 18.2 Å². The maximum absolute atomic E-state index is 11.2. The van der Waals surface area contributed by atoms with E-state index >= 15 is 0 Å². The number of ether oxygens (including phenoxy) is 2. The number of aromatic carboxylic acids is 1. The van der Waals surface area contributed by atoms with Crippen molar-refractivity contribution < 1.29 is 48.9 Å². The molecule has 1 aliphatic rings. The van der Waals surface area contributed by atoms with Crippen LogP contribution in [0.3, 0.4) is 0 Å². The van der Waals surface area contributed by atoms with E-state index in [0.717, 1.165) is 46.5 Å². The molecule has 0 aliphatic carbocycles. The first-order valence-electron chi connectivity index (χ1n) is 9.40. The fourth-order valence-electron chi connectivity index (χ4n) is 3.40. The van der Waals surface area contributed by atoms with Crippen molar-refractivity contribution in [2.45, 2.75) is 6.42 Å². The molecule has 1 aromatic heterocycles. The van der Waals surface area contributed by atoms with E-state index in [1.165, 1.54) is 6.07 Å². The molecule has 30 heavy (non-hydrogen) atoms. The third-order valence-electron chi connectivity index (χ3n) is 4.89. The molecular weight excluding hydrogens is 457 g/mol. The van der Waals surface area contributed by atoms with Gasteiger partial charge in [-0.05, 0) is 42.3 Å². The molecule has 7 heteroatoms. The van der Waals surface area contributed by atoms with Crippen LogP contribution >= 0.6 is 15.9 Å². The van der Waals surface area contributed by atoms with Gasteiger partial charge in [0.25, 0.3) is 0 Å². The zero-order valence-electron chi connectivity index (χ0n) is 16.6. The molecule has 148 valence electrons. The number of carbonyl (C=O) groups is 1. The van der Waals surface area contributed by atoms with Gasteiger partial charge in [-0.3, -0.25) is 0 Å². The smallest absolute Gasteiger partial charge is 0.543 e. The Morgan fingerprint density at radius 3 is 2.63 bits per heavy atom. The Bertz CT molecular complexity index is 1040. The molecule has 0 unspecified atom stereocenters. The fraction of sp³-hybridized carbons (Fsp3) is 0.217. The summed E-state index contributed by atoms with van der Waals surface area (Å²) in [6.45, 7) is 2.10. The van der Waals surface area contributed by atoms with E-state index < -0.39 is 5.97 Å². The largest absolute Gasteiger partial charge is 1.00 e. The van der Waals surface area contributed by atoms with Crippen molar-refractivity contribution in [1.29, 1.82) is 0 Å². The van der Waals surface area contributed by atoms with Crippen molar-refractivity contribution in [3.8, 4) is 28.1 Å². The van der Waals surface area contributed by atoms with Gasteiger partial charge in [-0.2, -0.15) is 0 Å². The minimum Gasteiger partial charge on any atom is -0.543 e. The van der Waals surface area contributed by atoms with E-state index in [1.54, 1.807) is 12.1 Å². The van der Waals surface area contributed by atoms with Crippen LogP contribution in [0.1, 0.15) is 16.9 Å². The number of pyridine rings is 1. The number of carboxylic acids is 1. The monoisotopic (exact) mass is 475 g/mol. The Kier molecular flexibility index (Phi) is 8.08. The van der Waals surface area contributed by atoms with Crippen LogP contribution in [-0.2, 0) is 4.74 Å². The first-order chi connectivity index (χ1) is 14.1. The van der Waals surface area contributed by atoms with Gasteiger partial charge in [0.1, 0.15) is 5.75 Å². The number of carboxylic acid groups (broad SMARTS) is 1. The molecule has 1 saturated heterocycles. The Balaban J connectivity index is 0.00000256. The van der Waals surface area contributed by atoms with Crippen LogP contribution in [0.25, 0.3) is 22.4 Å². The van der Waals surface area contributed by atoms with Gasteiger partial charge in [0.15, 0.2) is 0 Å².